The molecular weight excluding hydrogens is 427 g/mol. The van der Waals surface area contributed by atoms with Crippen LogP contribution in [0.1, 0.15) is 28.2 Å². The highest BCUT2D eigenvalue weighted by atomic mass is 35.5. The van der Waals surface area contributed by atoms with Crippen molar-refractivity contribution in [2.75, 3.05) is 20.2 Å². The van der Waals surface area contributed by atoms with E-state index >= 15 is 0 Å². The summed E-state index contributed by atoms with van der Waals surface area (Å²) in [6.07, 6.45) is -9.81. The van der Waals surface area contributed by atoms with Crippen LogP contribution >= 0.6 is 12.4 Å². The van der Waals surface area contributed by atoms with E-state index in [-0.39, 0.29) is 36.6 Å². The van der Waals surface area contributed by atoms with Gasteiger partial charge in [0.1, 0.15) is 5.82 Å². The van der Waals surface area contributed by atoms with Gasteiger partial charge in [0.2, 0.25) is 0 Å². The van der Waals surface area contributed by atoms with E-state index in [2.05, 4.69) is 5.32 Å². The van der Waals surface area contributed by atoms with Crippen molar-refractivity contribution in [2.24, 2.45) is 0 Å². The van der Waals surface area contributed by atoms with Gasteiger partial charge >= 0.3 is 12.4 Å². The third-order valence-corrected chi connectivity index (χ3v) is 4.03. The van der Waals surface area contributed by atoms with Crippen molar-refractivity contribution in [1.82, 2.24) is 5.32 Å². The molecule has 0 amide bonds. The van der Waals surface area contributed by atoms with Crippen molar-refractivity contribution in [3.05, 3.63) is 70.5 Å². The van der Waals surface area contributed by atoms with Gasteiger partial charge in [-0.15, -0.1) is 12.4 Å². The molecule has 0 aliphatic heterocycles. The summed E-state index contributed by atoms with van der Waals surface area (Å²) >= 11 is 0. The summed E-state index contributed by atoms with van der Waals surface area (Å²) in [5, 5.41) is 2.92. The number of benzene rings is 2. The van der Waals surface area contributed by atoms with Crippen LogP contribution in [0.15, 0.2) is 42.5 Å². The van der Waals surface area contributed by atoms with Gasteiger partial charge < -0.3 is 10.1 Å². The monoisotopic (exact) mass is 445 g/mol. The minimum Gasteiger partial charge on any atom is -0.376 e. The van der Waals surface area contributed by atoms with Crippen LogP contribution in [-0.4, -0.2) is 20.2 Å². The first-order chi connectivity index (χ1) is 13.0. The second kappa shape index (κ2) is 10.3. The van der Waals surface area contributed by atoms with Gasteiger partial charge in [-0.3, -0.25) is 0 Å². The number of hydrogen-bond acceptors (Lipinski definition) is 2. The lowest BCUT2D eigenvalue weighted by molar-refractivity contribution is -0.143. The maximum absolute atomic E-state index is 13.0. The largest absolute Gasteiger partial charge is 0.416 e. The van der Waals surface area contributed by atoms with Crippen LogP contribution in [0.25, 0.3) is 0 Å². The molecule has 0 aliphatic carbocycles. The van der Waals surface area contributed by atoms with Gasteiger partial charge in [-0.1, -0.05) is 12.1 Å². The average Bonchev–Trinajstić information content (AvgIpc) is 2.60. The first-order valence-corrected chi connectivity index (χ1v) is 8.27. The fraction of sp³-hybridized carbons (Fsp3) is 0.368. The normalized spacial score (nSPS) is 13.1. The van der Waals surface area contributed by atoms with E-state index in [1.807, 2.05) is 0 Å². The van der Waals surface area contributed by atoms with Crippen LogP contribution in [-0.2, 0) is 23.7 Å². The Kier molecular flexibility index (Phi) is 8.92. The Hall–Kier alpha value is -1.84. The molecule has 0 bridgehead atoms. The van der Waals surface area contributed by atoms with Crippen molar-refractivity contribution in [3.63, 3.8) is 0 Å². The molecule has 0 aromatic heterocycles. The molecule has 0 spiro atoms. The van der Waals surface area contributed by atoms with E-state index in [0.717, 1.165) is 5.56 Å². The van der Waals surface area contributed by atoms with Crippen molar-refractivity contribution < 1.29 is 35.5 Å². The van der Waals surface area contributed by atoms with Crippen molar-refractivity contribution >= 4 is 12.4 Å². The topological polar surface area (TPSA) is 21.3 Å². The molecule has 1 unspecified atom stereocenters. The van der Waals surface area contributed by atoms with Crippen molar-refractivity contribution in [1.29, 1.82) is 0 Å². The quantitative estimate of drug-likeness (QED) is 0.543. The summed E-state index contributed by atoms with van der Waals surface area (Å²) in [7, 11) is 1.68. The zero-order valence-electron chi connectivity index (χ0n) is 15.2. The lowest BCUT2D eigenvalue weighted by Gasteiger charge is -2.18. The lowest BCUT2D eigenvalue weighted by atomic mass is 10.00. The first kappa shape index (κ1) is 25.2. The Morgan fingerprint density at radius 2 is 1.41 bits per heavy atom. The maximum atomic E-state index is 13.0. The molecule has 0 aliphatic rings. The van der Waals surface area contributed by atoms with E-state index in [9.17, 15) is 30.7 Å². The van der Waals surface area contributed by atoms with Crippen LogP contribution in [0, 0.1) is 5.82 Å². The van der Waals surface area contributed by atoms with E-state index in [1.165, 1.54) is 12.1 Å². The minimum absolute atomic E-state index is 0. The van der Waals surface area contributed by atoms with Crippen molar-refractivity contribution in [3.8, 4) is 0 Å². The molecule has 1 N–H and O–H groups in total. The van der Waals surface area contributed by atoms with E-state index < -0.39 is 35.9 Å². The Morgan fingerprint density at radius 3 is 1.86 bits per heavy atom. The number of halogens is 8. The number of hydrogen-bond donors (Lipinski definition) is 1. The highest BCUT2D eigenvalue weighted by Gasteiger charge is 2.36. The zero-order chi connectivity index (χ0) is 20.9. The van der Waals surface area contributed by atoms with Gasteiger partial charge in [0.05, 0.1) is 24.3 Å². The molecule has 10 heteroatoms. The van der Waals surface area contributed by atoms with Gasteiger partial charge in [0, 0.05) is 12.5 Å². The van der Waals surface area contributed by atoms with Gasteiger partial charge in [-0.25, -0.2) is 4.39 Å². The number of ether oxygens (including phenoxy) is 1. The molecule has 2 aromatic carbocycles. The molecule has 0 saturated carbocycles. The van der Waals surface area contributed by atoms with Crippen LogP contribution in [0.4, 0.5) is 30.7 Å². The van der Waals surface area contributed by atoms with Gasteiger partial charge in [0.25, 0.3) is 0 Å². The summed E-state index contributed by atoms with van der Waals surface area (Å²) in [6, 6.07) is 6.98. The molecule has 162 valence electrons. The van der Waals surface area contributed by atoms with E-state index in [0.29, 0.717) is 18.7 Å². The predicted octanol–water partition coefficient (Wildman–Crippen LogP) is 5.80. The molecular formula is C19H19ClF7NO. The standard InChI is InChI=1S/C19H18F7NO.ClH/c1-27-9-14(13-2-4-17(20)5-3-13)11-28-10-12-6-15(18(21,22)23)8-16(7-12)19(24,25)26;/h2-8,14,27H,9-11H2,1H3;1H. The Balaban J connectivity index is 0.00000420. The van der Waals surface area contributed by atoms with E-state index in [4.69, 9.17) is 4.74 Å². The summed E-state index contributed by atoms with van der Waals surface area (Å²) in [6.45, 7) is 0.0422. The molecule has 2 aromatic rings. The third kappa shape index (κ3) is 7.49. The molecule has 2 nitrogen and oxygen atoms in total. The smallest absolute Gasteiger partial charge is 0.376 e. The van der Waals surface area contributed by atoms with Crippen LogP contribution in [0.5, 0.6) is 0 Å². The molecule has 2 rings (SSSR count). The SMILES string of the molecule is CNCC(COCc1cc(C(F)(F)F)cc(C(F)(F)F)c1)c1ccc(F)cc1.Cl. The fourth-order valence-electron chi connectivity index (χ4n) is 2.68. The molecule has 0 saturated heterocycles. The molecule has 0 fully saturated rings. The Labute approximate surface area is 169 Å². The van der Waals surface area contributed by atoms with Gasteiger partial charge in [0.15, 0.2) is 0 Å². The lowest BCUT2D eigenvalue weighted by Crippen LogP contribution is -2.21. The fourth-order valence-corrected chi connectivity index (χ4v) is 2.68. The molecule has 0 heterocycles. The van der Waals surface area contributed by atoms with Crippen LogP contribution < -0.4 is 5.32 Å². The zero-order valence-corrected chi connectivity index (χ0v) is 16.0. The second-order valence-corrected chi connectivity index (χ2v) is 6.24. The number of rotatable bonds is 7. The van der Waals surface area contributed by atoms with Crippen LogP contribution in [0.2, 0.25) is 0 Å². The third-order valence-electron chi connectivity index (χ3n) is 4.03. The number of likely N-dealkylation sites (N-methyl/N-ethyl adjacent to an activating group) is 1. The minimum atomic E-state index is -4.90. The number of nitrogens with one attached hydrogen (secondary N) is 1. The summed E-state index contributed by atoms with van der Waals surface area (Å²) in [4.78, 5) is 0. The summed E-state index contributed by atoms with van der Waals surface area (Å²) < 4.78 is 95.8. The second-order valence-electron chi connectivity index (χ2n) is 6.24. The Morgan fingerprint density at radius 1 is 0.897 bits per heavy atom. The molecule has 1 atom stereocenters. The molecule has 29 heavy (non-hydrogen) atoms. The average molecular weight is 446 g/mol. The highest BCUT2D eigenvalue weighted by Crippen LogP contribution is 2.36. The Bertz CT molecular complexity index is 743. The predicted molar refractivity (Wildman–Crippen MR) is 96.4 cm³/mol. The molecule has 0 radical (unpaired) electrons. The maximum Gasteiger partial charge on any atom is 0.416 e. The first-order valence-electron chi connectivity index (χ1n) is 8.27. The summed E-state index contributed by atoms with van der Waals surface area (Å²) in [5.74, 6) is -0.671. The highest BCUT2D eigenvalue weighted by molar-refractivity contribution is 5.85. The van der Waals surface area contributed by atoms with Crippen LogP contribution in [0.3, 0.4) is 0 Å². The van der Waals surface area contributed by atoms with Gasteiger partial charge in [-0.2, -0.15) is 26.3 Å². The van der Waals surface area contributed by atoms with Gasteiger partial charge in [-0.05, 0) is 48.5 Å². The van der Waals surface area contributed by atoms with E-state index in [1.54, 1.807) is 19.2 Å². The van der Waals surface area contributed by atoms with Crippen molar-refractivity contribution in [2.45, 2.75) is 24.9 Å². The number of alkyl halides is 6. The summed E-state index contributed by atoms with van der Waals surface area (Å²) in [5.41, 5.74) is -2.27.